The predicted octanol–water partition coefficient (Wildman–Crippen LogP) is 2.02. The van der Waals surface area contributed by atoms with Gasteiger partial charge in [0.25, 0.3) is 0 Å². The van der Waals surface area contributed by atoms with Crippen LogP contribution >= 0.6 is 0 Å². The molecule has 1 aromatic heterocycles. The topological polar surface area (TPSA) is 95.5 Å². The number of carbonyl (C=O) groups excluding carboxylic acids is 1. The number of H-pyrrole nitrogens is 1. The van der Waals surface area contributed by atoms with Crippen LogP contribution < -0.4 is 4.74 Å². The maximum atomic E-state index is 12.4. The summed E-state index contributed by atoms with van der Waals surface area (Å²) in [6.45, 7) is 0.907. The van der Waals surface area contributed by atoms with E-state index < -0.39 is 5.97 Å². The van der Waals surface area contributed by atoms with Crippen molar-refractivity contribution in [1.29, 1.82) is 0 Å². The van der Waals surface area contributed by atoms with E-state index in [2.05, 4.69) is 10.2 Å². The number of carboxylic acids is 1. The van der Waals surface area contributed by atoms with E-state index in [4.69, 9.17) is 9.84 Å². The minimum absolute atomic E-state index is 0.0192. The Balaban J connectivity index is 1.53. The van der Waals surface area contributed by atoms with Crippen LogP contribution in [-0.2, 0) is 24.2 Å². The highest BCUT2D eigenvalue weighted by Crippen LogP contribution is 2.21. The Morgan fingerprint density at radius 1 is 1.32 bits per heavy atom. The van der Waals surface area contributed by atoms with Crippen LogP contribution in [0.2, 0.25) is 0 Å². The van der Waals surface area contributed by atoms with Crippen molar-refractivity contribution >= 4 is 11.9 Å². The fraction of sp³-hybridized carbons (Fsp3) is 0.389. The average molecular weight is 343 g/mol. The van der Waals surface area contributed by atoms with Gasteiger partial charge in [0, 0.05) is 37.2 Å². The van der Waals surface area contributed by atoms with Crippen molar-refractivity contribution < 1.29 is 19.4 Å². The zero-order chi connectivity index (χ0) is 17.8. The molecule has 7 nitrogen and oxygen atoms in total. The van der Waals surface area contributed by atoms with Gasteiger partial charge in [-0.3, -0.25) is 9.89 Å². The van der Waals surface area contributed by atoms with Crippen LogP contribution in [0.4, 0.5) is 0 Å². The Morgan fingerprint density at radius 3 is 2.76 bits per heavy atom. The number of nitrogens with one attached hydrogen (secondary N) is 1. The summed E-state index contributed by atoms with van der Waals surface area (Å²) in [4.78, 5) is 25.3. The highest BCUT2D eigenvalue weighted by Gasteiger charge is 2.27. The van der Waals surface area contributed by atoms with Gasteiger partial charge in [0.1, 0.15) is 5.75 Å². The molecule has 0 aliphatic carbocycles. The maximum Gasteiger partial charge on any atom is 0.356 e. The molecule has 1 amide bonds. The number of benzene rings is 1. The molecule has 2 heterocycles. The quantitative estimate of drug-likeness (QED) is 0.837. The highest BCUT2D eigenvalue weighted by molar-refractivity contribution is 5.87. The fourth-order valence-corrected chi connectivity index (χ4v) is 3.08. The van der Waals surface area contributed by atoms with Gasteiger partial charge in [-0.05, 0) is 30.5 Å². The molecule has 0 bridgehead atoms. The molecule has 0 saturated heterocycles. The van der Waals surface area contributed by atoms with Crippen molar-refractivity contribution in [3.8, 4) is 5.75 Å². The van der Waals surface area contributed by atoms with Gasteiger partial charge in [-0.25, -0.2) is 4.79 Å². The van der Waals surface area contributed by atoms with E-state index in [0.717, 1.165) is 29.8 Å². The van der Waals surface area contributed by atoms with Gasteiger partial charge in [0.15, 0.2) is 5.69 Å². The van der Waals surface area contributed by atoms with Crippen LogP contribution in [-0.4, -0.2) is 45.7 Å². The number of aryl methyl sites for hydroxylation is 1. The van der Waals surface area contributed by atoms with Gasteiger partial charge in [-0.2, -0.15) is 5.10 Å². The Labute approximate surface area is 145 Å². The van der Waals surface area contributed by atoms with Crippen LogP contribution in [0.3, 0.4) is 0 Å². The second-order valence-corrected chi connectivity index (χ2v) is 6.10. The van der Waals surface area contributed by atoms with E-state index >= 15 is 0 Å². The molecule has 0 unspecified atom stereocenters. The summed E-state index contributed by atoms with van der Waals surface area (Å²) in [5.41, 5.74) is 2.63. The van der Waals surface area contributed by atoms with Gasteiger partial charge >= 0.3 is 5.97 Å². The standard InChI is InChI=1S/C18H21N3O4/c1-25-13-7-5-12(6-8-13)3-2-4-16(22)21-10-9-15-14(11-21)17(18(23)24)20-19-15/h5-8H,2-4,9-11H2,1H3,(H,19,20)(H,23,24). The van der Waals surface area contributed by atoms with E-state index in [0.29, 0.717) is 31.5 Å². The van der Waals surface area contributed by atoms with Crippen molar-refractivity contribution in [1.82, 2.24) is 15.1 Å². The molecule has 7 heteroatoms. The molecule has 0 atom stereocenters. The summed E-state index contributed by atoms with van der Waals surface area (Å²) >= 11 is 0. The highest BCUT2D eigenvalue weighted by atomic mass is 16.5. The first-order valence-electron chi connectivity index (χ1n) is 8.28. The first-order valence-corrected chi connectivity index (χ1v) is 8.28. The minimum atomic E-state index is -1.06. The lowest BCUT2D eigenvalue weighted by Crippen LogP contribution is -2.36. The maximum absolute atomic E-state index is 12.4. The van der Waals surface area contributed by atoms with Crippen molar-refractivity contribution in [2.45, 2.75) is 32.2 Å². The Hall–Kier alpha value is -2.83. The number of methoxy groups -OCH3 is 1. The second kappa shape index (κ2) is 7.38. The SMILES string of the molecule is COc1ccc(CCCC(=O)N2CCc3[nH]nc(C(=O)O)c3C2)cc1. The Kier molecular flexibility index (Phi) is 5.02. The van der Waals surface area contributed by atoms with Crippen molar-refractivity contribution in [2.75, 3.05) is 13.7 Å². The molecule has 2 N–H and O–H groups in total. The summed E-state index contributed by atoms with van der Waals surface area (Å²) in [6, 6.07) is 7.83. The predicted molar refractivity (Wildman–Crippen MR) is 90.6 cm³/mol. The number of aromatic carboxylic acids is 1. The number of fused-ring (bicyclic) bond motifs is 1. The molecule has 0 fully saturated rings. The van der Waals surface area contributed by atoms with Crippen LogP contribution in [0, 0.1) is 0 Å². The monoisotopic (exact) mass is 343 g/mol. The van der Waals surface area contributed by atoms with Crippen LogP contribution in [0.15, 0.2) is 24.3 Å². The number of aromatic nitrogens is 2. The lowest BCUT2D eigenvalue weighted by atomic mass is 10.0. The first-order chi connectivity index (χ1) is 12.1. The van der Waals surface area contributed by atoms with E-state index in [1.165, 1.54) is 0 Å². The molecule has 0 radical (unpaired) electrons. The first kappa shape index (κ1) is 17.0. The van der Waals surface area contributed by atoms with Gasteiger partial charge in [-0.1, -0.05) is 12.1 Å². The Bertz CT molecular complexity index is 767. The third kappa shape index (κ3) is 3.81. The molecule has 0 saturated carbocycles. The summed E-state index contributed by atoms with van der Waals surface area (Å²) < 4.78 is 5.13. The summed E-state index contributed by atoms with van der Waals surface area (Å²) in [5.74, 6) is -0.193. The number of carbonyl (C=O) groups is 2. The minimum Gasteiger partial charge on any atom is -0.497 e. The molecule has 25 heavy (non-hydrogen) atoms. The van der Waals surface area contributed by atoms with Crippen molar-refractivity contribution in [2.24, 2.45) is 0 Å². The van der Waals surface area contributed by atoms with Gasteiger partial charge in [0.05, 0.1) is 7.11 Å². The van der Waals surface area contributed by atoms with Gasteiger partial charge in [0.2, 0.25) is 5.91 Å². The molecule has 1 aliphatic heterocycles. The largest absolute Gasteiger partial charge is 0.497 e. The summed E-state index contributed by atoms with van der Waals surface area (Å²) in [6.07, 6.45) is 2.63. The molecule has 2 aromatic rings. The molecule has 0 spiro atoms. The lowest BCUT2D eigenvalue weighted by molar-refractivity contribution is -0.132. The van der Waals surface area contributed by atoms with Crippen LogP contribution in [0.5, 0.6) is 5.75 Å². The van der Waals surface area contributed by atoms with Crippen molar-refractivity contribution in [3.05, 3.63) is 46.8 Å². The number of rotatable bonds is 6. The number of carboxylic acid groups (broad SMARTS) is 1. The van der Waals surface area contributed by atoms with E-state index in [-0.39, 0.29) is 11.6 Å². The molecule has 132 valence electrons. The summed E-state index contributed by atoms with van der Waals surface area (Å²) in [7, 11) is 1.63. The Morgan fingerprint density at radius 2 is 2.08 bits per heavy atom. The van der Waals surface area contributed by atoms with E-state index in [1.807, 2.05) is 24.3 Å². The van der Waals surface area contributed by atoms with Crippen LogP contribution in [0.1, 0.15) is 40.2 Å². The molecular weight excluding hydrogens is 322 g/mol. The summed E-state index contributed by atoms with van der Waals surface area (Å²) in [5, 5.41) is 15.8. The van der Waals surface area contributed by atoms with Gasteiger partial charge < -0.3 is 14.7 Å². The smallest absolute Gasteiger partial charge is 0.356 e. The number of aromatic amines is 1. The molecular formula is C18H21N3O4. The number of ether oxygens (including phenoxy) is 1. The molecule has 3 rings (SSSR count). The van der Waals surface area contributed by atoms with E-state index in [9.17, 15) is 9.59 Å². The number of hydrogen-bond acceptors (Lipinski definition) is 4. The molecule has 1 aromatic carbocycles. The van der Waals surface area contributed by atoms with Crippen molar-refractivity contribution in [3.63, 3.8) is 0 Å². The zero-order valence-corrected chi connectivity index (χ0v) is 14.1. The number of hydrogen-bond donors (Lipinski definition) is 2. The fourth-order valence-electron chi connectivity index (χ4n) is 3.08. The second-order valence-electron chi connectivity index (χ2n) is 6.10. The third-order valence-corrected chi connectivity index (χ3v) is 4.50. The number of amides is 1. The van der Waals surface area contributed by atoms with E-state index in [1.54, 1.807) is 12.0 Å². The van der Waals surface area contributed by atoms with Crippen LogP contribution in [0.25, 0.3) is 0 Å². The molecule has 1 aliphatic rings. The number of nitrogens with zero attached hydrogens (tertiary/aromatic N) is 2. The zero-order valence-electron chi connectivity index (χ0n) is 14.1. The lowest BCUT2D eigenvalue weighted by Gasteiger charge is -2.27. The van der Waals surface area contributed by atoms with Gasteiger partial charge in [-0.15, -0.1) is 0 Å². The normalized spacial score (nSPS) is 13.4. The average Bonchev–Trinajstić information content (AvgIpc) is 3.05. The third-order valence-electron chi connectivity index (χ3n) is 4.50.